The van der Waals surface area contributed by atoms with E-state index < -0.39 is 17.4 Å². The van der Waals surface area contributed by atoms with Gasteiger partial charge in [-0.15, -0.1) is 0 Å². The number of aromatic nitrogens is 1. The fourth-order valence-electron chi connectivity index (χ4n) is 6.27. The van der Waals surface area contributed by atoms with Crippen LogP contribution in [0.2, 0.25) is 0 Å². The van der Waals surface area contributed by atoms with Crippen LogP contribution in [-0.2, 0) is 32.2 Å². The summed E-state index contributed by atoms with van der Waals surface area (Å²) in [5, 5.41) is 3.06. The highest BCUT2D eigenvalue weighted by Crippen LogP contribution is 2.41. The van der Waals surface area contributed by atoms with Gasteiger partial charge in [0.05, 0.1) is 25.4 Å². The Balaban J connectivity index is 1.03. The number of nitrogens with one attached hydrogen (secondary N) is 1. The molecule has 0 aliphatic carbocycles. The number of amidine groups is 1. The minimum absolute atomic E-state index is 0.0741. The number of carbonyl (C=O) groups is 3. The fraction of sp³-hybridized carbons (Fsp3) is 0.289. The van der Waals surface area contributed by atoms with Gasteiger partial charge in [0.25, 0.3) is 0 Å². The van der Waals surface area contributed by atoms with E-state index in [1.165, 1.54) is 16.7 Å². The summed E-state index contributed by atoms with van der Waals surface area (Å²) in [6.45, 7) is 4.09. The van der Waals surface area contributed by atoms with E-state index in [0.29, 0.717) is 43.6 Å². The van der Waals surface area contributed by atoms with Gasteiger partial charge < -0.3 is 19.7 Å². The molecular formula is C38H38N6O5S. The lowest BCUT2D eigenvalue weighted by Crippen LogP contribution is -2.43. The third-order valence-corrected chi connectivity index (χ3v) is 10.2. The van der Waals surface area contributed by atoms with Crippen molar-refractivity contribution in [3.63, 3.8) is 0 Å². The molecule has 1 N–H and O–H groups in total. The van der Waals surface area contributed by atoms with Gasteiger partial charge in [0.1, 0.15) is 17.9 Å². The Morgan fingerprint density at radius 2 is 1.68 bits per heavy atom. The lowest BCUT2D eigenvalue weighted by atomic mass is 10.1. The van der Waals surface area contributed by atoms with E-state index in [-0.39, 0.29) is 18.4 Å². The van der Waals surface area contributed by atoms with E-state index in [2.05, 4.69) is 27.3 Å². The van der Waals surface area contributed by atoms with Gasteiger partial charge in [0.2, 0.25) is 11.8 Å². The standard InChI is InChI=1S/C38H38N6O5S/c45-35(33-9-5-19-43(33)38(47)49-26-27-6-2-1-3-7-27)40-30-12-10-29(11-13-30)34-36(46)44(25-28-8-4-18-39-24-28)37(50-34)41-31-14-16-32(17-15-31)42-20-22-48-23-21-42/h1-4,6-8,10-18,24,33-34H,5,9,19-23,25-26H2,(H,40,45)/t33-,34?/m0/s1. The summed E-state index contributed by atoms with van der Waals surface area (Å²) in [6, 6.07) is 28.0. The van der Waals surface area contributed by atoms with Gasteiger partial charge in [0.15, 0.2) is 5.17 Å². The van der Waals surface area contributed by atoms with Crippen molar-refractivity contribution in [1.29, 1.82) is 0 Å². The number of likely N-dealkylation sites (tertiary alicyclic amines) is 1. The van der Waals surface area contributed by atoms with Gasteiger partial charge in [-0.05, 0) is 72.0 Å². The highest BCUT2D eigenvalue weighted by atomic mass is 32.2. The second kappa shape index (κ2) is 15.6. The number of pyridine rings is 1. The molecule has 3 saturated heterocycles. The van der Waals surface area contributed by atoms with Crippen molar-refractivity contribution in [3.05, 3.63) is 120 Å². The number of rotatable bonds is 9. The first-order chi connectivity index (χ1) is 24.5. The van der Waals surface area contributed by atoms with E-state index in [1.807, 2.05) is 66.7 Å². The SMILES string of the molecule is O=C(Nc1ccc(C2SC(=Nc3ccc(N4CCOCC4)cc3)N(Cc3cccnc3)C2=O)cc1)[C@@H]1CCCN1C(=O)OCc1ccccc1. The normalized spacial score (nSPS) is 20.0. The van der Waals surface area contributed by atoms with Gasteiger partial charge in [-0.25, -0.2) is 9.79 Å². The molecule has 50 heavy (non-hydrogen) atoms. The Kier molecular flexibility index (Phi) is 10.4. The number of aliphatic imine (C=N–C) groups is 1. The van der Waals surface area contributed by atoms with Gasteiger partial charge in [-0.1, -0.05) is 60.3 Å². The van der Waals surface area contributed by atoms with Crippen molar-refractivity contribution in [2.45, 2.75) is 37.3 Å². The average molecular weight is 691 g/mol. The fourth-order valence-corrected chi connectivity index (χ4v) is 7.44. The molecule has 3 amide bonds. The maximum atomic E-state index is 13.9. The summed E-state index contributed by atoms with van der Waals surface area (Å²) < 4.78 is 11.0. The van der Waals surface area contributed by atoms with Gasteiger partial charge >= 0.3 is 6.09 Å². The third-order valence-electron chi connectivity index (χ3n) is 8.93. The van der Waals surface area contributed by atoms with Crippen LogP contribution in [0.1, 0.15) is 34.8 Å². The Hall–Kier alpha value is -5.20. The first kappa shape index (κ1) is 33.3. The van der Waals surface area contributed by atoms with Crippen LogP contribution >= 0.6 is 11.8 Å². The molecule has 1 aromatic heterocycles. The summed E-state index contributed by atoms with van der Waals surface area (Å²) in [6.07, 6.45) is 4.24. The number of nitrogens with zero attached hydrogens (tertiary/aromatic N) is 5. The van der Waals surface area contributed by atoms with E-state index in [9.17, 15) is 14.4 Å². The monoisotopic (exact) mass is 690 g/mol. The molecule has 256 valence electrons. The molecule has 1 unspecified atom stereocenters. The number of carbonyl (C=O) groups excluding carboxylic acids is 3. The van der Waals surface area contributed by atoms with Crippen LogP contribution in [0.4, 0.5) is 21.9 Å². The van der Waals surface area contributed by atoms with E-state index in [1.54, 1.807) is 29.4 Å². The van der Waals surface area contributed by atoms with Gasteiger partial charge in [-0.3, -0.25) is 24.4 Å². The molecular weight excluding hydrogens is 653 g/mol. The first-order valence-corrected chi connectivity index (χ1v) is 17.7. The number of anilines is 2. The Labute approximate surface area is 295 Å². The van der Waals surface area contributed by atoms with E-state index in [0.717, 1.165) is 47.6 Å². The molecule has 3 aromatic carbocycles. The van der Waals surface area contributed by atoms with Crippen LogP contribution in [0.5, 0.6) is 0 Å². The van der Waals surface area contributed by atoms with E-state index in [4.69, 9.17) is 14.5 Å². The number of ether oxygens (including phenoxy) is 2. The minimum Gasteiger partial charge on any atom is -0.445 e. The molecule has 4 heterocycles. The number of morpholine rings is 1. The van der Waals surface area contributed by atoms with E-state index >= 15 is 0 Å². The maximum absolute atomic E-state index is 13.9. The molecule has 3 aliphatic heterocycles. The molecule has 0 radical (unpaired) electrons. The average Bonchev–Trinajstić information content (AvgIpc) is 3.78. The Morgan fingerprint density at radius 1 is 0.920 bits per heavy atom. The number of hydrogen-bond acceptors (Lipinski definition) is 9. The molecule has 3 fully saturated rings. The van der Waals surface area contributed by atoms with Crippen LogP contribution in [-0.4, -0.2) is 76.7 Å². The highest BCUT2D eigenvalue weighted by molar-refractivity contribution is 8.15. The second-order valence-corrected chi connectivity index (χ2v) is 13.4. The molecule has 7 rings (SSSR count). The quantitative estimate of drug-likeness (QED) is 0.222. The number of benzene rings is 3. The molecule has 0 saturated carbocycles. The van der Waals surface area contributed by atoms with Crippen molar-refractivity contribution in [1.82, 2.24) is 14.8 Å². The topological polar surface area (TPSA) is 117 Å². The predicted molar refractivity (Wildman–Crippen MR) is 193 cm³/mol. The summed E-state index contributed by atoms with van der Waals surface area (Å²) in [5.74, 6) is -0.343. The summed E-state index contributed by atoms with van der Waals surface area (Å²) in [5.41, 5.74) is 5.05. The molecule has 0 spiro atoms. The van der Waals surface area contributed by atoms with Crippen molar-refractivity contribution in [2.75, 3.05) is 43.1 Å². The van der Waals surface area contributed by atoms with Crippen LogP contribution < -0.4 is 10.2 Å². The number of hydrogen-bond donors (Lipinski definition) is 1. The Morgan fingerprint density at radius 3 is 2.42 bits per heavy atom. The minimum atomic E-state index is -0.618. The van der Waals surface area contributed by atoms with Crippen LogP contribution in [0.25, 0.3) is 0 Å². The third kappa shape index (κ3) is 7.82. The molecule has 4 aromatic rings. The van der Waals surface area contributed by atoms with Crippen molar-refractivity contribution >= 4 is 51.9 Å². The van der Waals surface area contributed by atoms with Crippen LogP contribution in [0.15, 0.2) is 108 Å². The van der Waals surface area contributed by atoms with Crippen molar-refractivity contribution in [2.24, 2.45) is 4.99 Å². The zero-order chi connectivity index (χ0) is 34.3. The Bertz CT molecular complexity index is 1820. The first-order valence-electron chi connectivity index (χ1n) is 16.8. The molecule has 3 aliphatic rings. The molecule has 2 atom stereocenters. The zero-order valence-electron chi connectivity index (χ0n) is 27.5. The van der Waals surface area contributed by atoms with Crippen molar-refractivity contribution in [3.8, 4) is 0 Å². The van der Waals surface area contributed by atoms with Crippen LogP contribution in [0.3, 0.4) is 0 Å². The van der Waals surface area contributed by atoms with Crippen LogP contribution in [0, 0.1) is 0 Å². The summed E-state index contributed by atoms with van der Waals surface area (Å²) >= 11 is 1.41. The maximum Gasteiger partial charge on any atom is 0.410 e. The molecule has 11 nitrogen and oxygen atoms in total. The lowest BCUT2D eigenvalue weighted by molar-refractivity contribution is -0.126. The van der Waals surface area contributed by atoms with Gasteiger partial charge in [0, 0.05) is 43.4 Å². The predicted octanol–water partition coefficient (Wildman–Crippen LogP) is 6.16. The molecule has 12 heteroatoms. The van der Waals surface area contributed by atoms with Crippen molar-refractivity contribution < 1.29 is 23.9 Å². The largest absolute Gasteiger partial charge is 0.445 e. The molecule has 0 bridgehead atoms. The van der Waals surface area contributed by atoms with Gasteiger partial charge in [-0.2, -0.15) is 0 Å². The smallest absolute Gasteiger partial charge is 0.410 e. The lowest BCUT2D eigenvalue weighted by Gasteiger charge is -2.28. The zero-order valence-corrected chi connectivity index (χ0v) is 28.3. The summed E-state index contributed by atoms with van der Waals surface area (Å²) in [7, 11) is 0. The number of thioether (sulfide) groups is 1. The second-order valence-electron chi connectivity index (χ2n) is 12.3. The summed E-state index contributed by atoms with van der Waals surface area (Å²) in [4.78, 5) is 54.7. The highest BCUT2D eigenvalue weighted by Gasteiger charge is 2.39. The number of amides is 3.